The van der Waals surface area contributed by atoms with Crippen molar-refractivity contribution in [1.29, 1.82) is 0 Å². The number of nitrogens with one attached hydrogen (secondary N) is 1. The number of halogens is 1. The summed E-state index contributed by atoms with van der Waals surface area (Å²) < 4.78 is 18.9. The number of carbonyl (C=O) groups excluding carboxylic acids is 1. The topological polar surface area (TPSA) is 41.6 Å². The molecule has 2 saturated heterocycles. The van der Waals surface area contributed by atoms with Gasteiger partial charge in [-0.3, -0.25) is 4.90 Å². The van der Waals surface area contributed by atoms with E-state index in [1.807, 2.05) is 6.92 Å². The van der Waals surface area contributed by atoms with Crippen molar-refractivity contribution in [1.82, 2.24) is 5.32 Å². The zero-order valence-electron chi connectivity index (χ0n) is 11.6. The van der Waals surface area contributed by atoms with Crippen LogP contribution in [-0.4, -0.2) is 31.3 Å². The number of amides is 1. The zero-order valence-corrected chi connectivity index (χ0v) is 11.6. The number of benzene rings is 1. The highest BCUT2D eigenvalue weighted by Gasteiger charge is 2.47. The van der Waals surface area contributed by atoms with Gasteiger partial charge in [0.25, 0.3) is 0 Å². The van der Waals surface area contributed by atoms with Crippen molar-refractivity contribution < 1.29 is 13.9 Å². The number of nitrogens with zero attached hydrogens (tertiary/aromatic N) is 1. The molecule has 2 fully saturated rings. The summed E-state index contributed by atoms with van der Waals surface area (Å²) in [4.78, 5) is 13.6. The first-order valence-corrected chi connectivity index (χ1v) is 7.05. The minimum atomic E-state index is -0.503. The molecule has 5 heteroatoms. The largest absolute Gasteiger partial charge is 0.441 e. The second-order valence-electron chi connectivity index (χ2n) is 5.79. The Balaban J connectivity index is 1.80. The summed E-state index contributed by atoms with van der Waals surface area (Å²) in [5, 5.41) is 3.35. The second kappa shape index (κ2) is 5.05. The molecule has 108 valence electrons. The van der Waals surface area contributed by atoms with Gasteiger partial charge < -0.3 is 10.1 Å². The Morgan fingerprint density at radius 1 is 1.50 bits per heavy atom. The summed E-state index contributed by atoms with van der Waals surface area (Å²) in [5.74, 6) is -0.0398. The molecule has 1 aromatic rings. The summed E-state index contributed by atoms with van der Waals surface area (Å²) in [5.41, 5.74) is 0.0547. The van der Waals surface area contributed by atoms with E-state index < -0.39 is 5.60 Å². The van der Waals surface area contributed by atoms with Gasteiger partial charge in [-0.1, -0.05) is 6.07 Å². The lowest BCUT2D eigenvalue weighted by Gasteiger charge is -2.34. The van der Waals surface area contributed by atoms with Crippen LogP contribution < -0.4 is 10.2 Å². The lowest BCUT2D eigenvalue weighted by molar-refractivity contribution is 0.0123. The number of hydrogen-bond acceptors (Lipinski definition) is 3. The molecular formula is C15H19FN2O2. The summed E-state index contributed by atoms with van der Waals surface area (Å²) in [6.07, 6.45) is 1.76. The Morgan fingerprint density at radius 3 is 3.05 bits per heavy atom. The van der Waals surface area contributed by atoms with E-state index in [0.717, 1.165) is 25.9 Å². The van der Waals surface area contributed by atoms with Crippen LogP contribution in [0.2, 0.25) is 0 Å². The molecule has 0 aliphatic carbocycles. The molecule has 2 aliphatic heterocycles. The number of piperidine rings is 1. The predicted octanol–water partition coefficient (Wildman–Crippen LogP) is 2.54. The molecule has 2 aliphatic rings. The Labute approximate surface area is 117 Å². The number of rotatable bonds is 2. The minimum Gasteiger partial charge on any atom is -0.441 e. The molecule has 0 saturated carbocycles. The number of cyclic esters (lactones) is 1. The number of hydrogen-bond donors (Lipinski definition) is 1. The van der Waals surface area contributed by atoms with Crippen LogP contribution in [0.5, 0.6) is 0 Å². The summed E-state index contributed by atoms with van der Waals surface area (Å²) >= 11 is 0. The molecule has 0 spiro atoms. The molecule has 4 nitrogen and oxygen atoms in total. The zero-order chi connectivity index (χ0) is 14.2. The van der Waals surface area contributed by atoms with Gasteiger partial charge in [0.05, 0.1) is 12.2 Å². The van der Waals surface area contributed by atoms with Crippen LogP contribution in [0.3, 0.4) is 0 Å². The summed E-state index contributed by atoms with van der Waals surface area (Å²) in [6.45, 7) is 4.33. The normalized spacial score (nSPS) is 30.4. The molecule has 0 radical (unpaired) electrons. The number of ether oxygens (including phenoxy) is 1. The number of anilines is 1. The van der Waals surface area contributed by atoms with Gasteiger partial charge in [-0.15, -0.1) is 0 Å². The summed E-state index contributed by atoms with van der Waals surface area (Å²) in [6, 6.07) is 6.08. The van der Waals surface area contributed by atoms with Gasteiger partial charge in [-0.2, -0.15) is 0 Å². The van der Waals surface area contributed by atoms with Crippen molar-refractivity contribution in [2.75, 3.05) is 24.5 Å². The van der Waals surface area contributed by atoms with E-state index in [2.05, 4.69) is 5.32 Å². The van der Waals surface area contributed by atoms with Gasteiger partial charge in [0.15, 0.2) is 0 Å². The van der Waals surface area contributed by atoms with Gasteiger partial charge in [0.1, 0.15) is 11.4 Å². The Hall–Kier alpha value is -1.62. The maximum atomic E-state index is 13.3. The van der Waals surface area contributed by atoms with Crippen LogP contribution in [0.25, 0.3) is 0 Å². The molecule has 2 atom stereocenters. The van der Waals surface area contributed by atoms with Crippen LogP contribution in [0.1, 0.15) is 19.8 Å². The monoisotopic (exact) mass is 278 g/mol. The molecule has 2 unspecified atom stereocenters. The molecule has 20 heavy (non-hydrogen) atoms. The third-order valence-electron chi connectivity index (χ3n) is 4.29. The Kier molecular flexibility index (Phi) is 3.38. The molecule has 1 amide bonds. The first-order chi connectivity index (χ1) is 9.58. The summed E-state index contributed by atoms with van der Waals surface area (Å²) in [7, 11) is 0. The quantitative estimate of drug-likeness (QED) is 0.904. The van der Waals surface area contributed by atoms with E-state index in [4.69, 9.17) is 4.74 Å². The fourth-order valence-electron chi connectivity index (χ4n) is 3.09. The molecule has 2 heterocycles. The lowest BCUT2D eigenvalue weighted by atomic mass is 9.83. The van der Waals surface area contributed by atoms with Crippen LogP contribution >= 0.6 is 0 Å². The Morgan fingerprint density at radius 2 is 2.35 bits per heavy atom. The van der Waals surface area contributed by atoms with E-state index in [-0.39, 0.29) is 11.9 Å². The van der Waals surface area contributed by atoms with Crippen molar-refractivity contribution in [3.05, 3.63) is 30.1 Å². The fourth-order valence-corrected chi connectivity index (χ4v) is 3.09. The van der Waals surface area contributed by atoms with Gasteiger partial charge in [-0.25, -0.2) is 9.18 Å². The average molecular weight is 278 g/mol. The van der Waals surface area contributed by atoms with Crippen molar-refractivity contribution in [3.8, 4) is 0 Å². The third-order valence-corrected chi connectivity index (χ3v) is 4.29. The molecule has 1 aromatic carbocycles. The van der Waals surface area contributed by atoms with Crippen molar-refractivity contribution in [2.45, 2.75) is 25.4 Å². The first-order valence-electron chi connectivity index (χ1n) is 7.05. The van der Waals surface area contributed by atoms with Crippen molar-refractivity contribution in [3.63, 3.8) is 0 Å². The van der Waals surface area contributed by atoms with Gasteiger partial charge in [0.2, 0.25) is 0 Å². The van der Waals surface area contributed by atoms with E-state index in [0.29, 0.717) is 18.2 Å². The fraction of sp³-hybridized carbons (Fsp3) is 0.533. The highest BCUT2D eigenvalue weighted by atomic mass is 19.1. The smallest absolute Gasteiger partial charge is 0.415 e. The number of carbonyl (C=O) groups is 1. The highest BCUT2D eigenvalue weighted by molar-refractivity contribution is 5.90. The standard InChI is InChI=1S/C15H19FN2O2/c1-15(11-4-3-7-17-9-11)10-18(14(19)20-15)13-6-2-5-12(16)8-13/h2,5-6,8,11,17H,3-4,7,9-10H2,1H3. The molecule has 0 aromatic heterocycles. The molecular weight excluding hydrogens is 259 g/mol. The maximum absolute atomic E-state index is 13.3. The van der Waals surface area contributed by atoms with Crippen molar-refractivity contribution in [2.24, 2.45) is 5.92 Å². The van der Waals surface area contributed by atoms with E-state index in [9.17, 15) is 9.18 Å². The van der Waals surface area contributed by atoms with E-state index in [1.165, 1.54) is 17.0 Å². The van der Waals surface area contributed by atoms with Gasteiger partial charge in [-0.05, 0) is 44.5 Å². The Bertz CT molecular complexity index is 516. The van der Waals surface area contributed by atoms with Crippen LogP contribution in [0.15, 0.2) is 24.3 Å². The van der Waals surface area contributed by atoms with E-state index >= 15 is 0 Å². The minimum absolute atomic E-state index is 0.304. The SMILES string of the molecule is CC1(C2CCCNC2)CN(c2cccc(F)c2)C(=O)O1. The molecule has 1 N–H and O–H groups in total. The average Bonchev–Trinajstić information content (AvgIpc) is 2.77. The predicted molar refractivity (Wildman–Crippen MR) is 74.2 cm³/mol. The molecule has 0 bridgehead atoms. The van der Waals surface area contributed by atoms with Gasteiger partial charge in [0, 0.05) is 12.5 Å². The second-order valence-corrected chi connectivity index (χ2v) is 5.79. The van der Waals surface area contributed by atoms with Crippen molar-refractivity contribution >= 4 is 11.8 Å². The first kappa shape index (κ1) is 13.4. The maximum Gasteiger partial charge on any atom is 0.415 e. The van der Waals surface area contributed by atoms with Crippen LogP contribution in [0.4, 0.5) is 14.9 Å². The molecule has 3 rings (SSSR count). The van der Waals surface area contributed by atoms with Gasteiger partial charge >= 0.3 is 6.09 Å². The van der Waals surface area contributed by atoms with Crippen LogP contribution in [-0.2, 0) is 4.74 Å². The lowest BCUT2D eigenvalue weighted by Crippen LogP contribution is -2.46. The highest BCUT2D eigenvalue weighted by Crippen LogP contribution is 2.36. The third kappa shape index (κ3) is 2.38. The van der Waals surface area contributed by atoms with E-state index in [1.54, 1.807) is 12.1 Å². The van der Waals surface area contributed by atoms with Crippen LogP contribution in [0, 0.1) is 11.7 Å².